The van der Waals surface area contributed by atoms with Crippen molar-refractivity contribution in [2.45, 2.75) is 0 Å². The number of hydrogen-bond acceptors (Lipinski definition) is 3. The summed E-state index contributed by atoms with van der Waals surface area (Å²) in [6.45, 7) is 0. The fraction of sp³-hybridized carbons (Fsp3) is 0. The predicted molar refractivity (Wildman–Crippen MR) is 119 cm³/mol. The molecule has 0 unspecified atom stereocenters. The van der Waals surface area contributed by atoms with Gasteiger partial charge < -0.3 is 10.4 Å². The number of carboxylic acid groups (broad SMARTS) is 1. The zero-order chi connectivity index (χ0) is 18.7. The van der Waals surface area contributed by atoms with Crippen LogP contribution in [0.4, 0.5) is 5.69 Å². The SMILES string of the molecule is O=C(NC(=S)Nc1c(I)cc(I)cc1C(=O)O)c1ccc(Cl)c(Cl)c1. The highest BCUT2D eigenvalue weighted by Gasteiger charge is 2.17. The van der Waals surface area contributed by atoms with Crippen LogP contribution < -0.4 is 10.6 Å². The highest BCUT2D eigenvalue weighted by atomic mass is 127. The Kier molecular flexibility index (Phi) is 7.26. The van der Waals surface area contributed by atoms with Crippen molar-refractivity contribution in [3.63, 3.8) is 0 Å². The monoisotopic (exact) mass is 620 g/mol. The van der Waals surface area contributed by atoms with Gasteiger partial charge in [0.2, 0.25) is 0 Å². The number of nitrogens with one attached hydrogen (secondary N) is 2. The summed E-state index contributed by atoms with van der Waals surface area (Å²) in [7, 11) is 0. The van der Waals surface area contributed by atoms with Crippen LogP contribution in [0, 0.1) is 7.14 Å². The van der Waals surface area contributed by atoms with E-state index in [1.54, 1.807) is 6.07 Å². The minimum atomic E-state index is -1.10. The average molecular weight is 621 g/mol. The van der Waals surface area contributed by atoms with E-state index in [1.807, 2.05) is 45.2 Å². The van der Waals surface area contributed by atoms with Gasteiger partial charge in [-0.2, -0.15) is 0 Å². The zero-order valence-electron chi connectivity index (χ0n) is 12.1. The van der Waals surface area contributed by atoms with Crippen LogP contribution in [0.15, 0.2) is 30.3 Å². The number of carboxylic acids is 1. The molecule has 0 aromatic heterocycles. The molecule has 0 saturated heterocycles. The predicted octanol–water partition coefficient (Wildman–Crippen LogP) is 5.03. The van der Waals surface area contributed by atoms with Gasteiger partial charge in [-0.05, 0) is 87.7 Å². The first kappa shape index (κ1) is 20.6. The molecule has 0 fully saturated rings. The van der Waals surface area contributed by atoms with Crippen molar-refractivity contribution >= 4 is 103 Å². The van der Waals surface area contributed by atoms with Crippen LogP contribution in [0.3, 0.4) is 0 Å². The second kappa shape index (κ2) is 8.80. The summed E-state index contributed by atoms with van der Waals surface area (Å²) < 4.78 is 1.43. The Bertz CT molecular complexity index is 893. The van der Waals surface area contributed by atoms with Crippen molar-refractivity contribution < 1.29 is 14.7 Å². The second-order valence-corrected chi connectivity index (χ2v) is 8.28. The van der Waals surface area contributed by atoms with E-state index in [0.717, 1.165) is 3.57 Å². The van der Waals surface area contributed by atoms with Crippen LogP contribution in [0.1, 0.15) is 20.7 Å². The highest BCUT2D eigenvalue weighted by Crippen LogP contribution is 2.26. The first-order valence-corrected chi connectivity index (χ1v) is 9.81. The first-order chi connectivity index (χ1) is 11.7. The summed E-state index contributed by atoms with van der Waals surface area (Å²) in [5.74, 6) is -1.59. The maximum Gasteiger partial charge on any atom is 0.337 e. The number of halogens is 4. The van der Waals surface area contributed by atoms with Crippen molar-refractivity contribution in [1.29, 1.82) is 0 Å². The molecular weight excluding hydrogens is 613 g/mol. The lowest BCUT2D eigenvalue weighted by atomic mass is 10.2. The Balaban J connectivity index is 2.19. The fourth-order valence-electron chi connectivity index (χ4n) is 1.83. The molecule has 0 atom stereocenters. The quantitative estimate of drug-likeness (QED) is 0.332. The number of thiocarbonyl (C=S) groups is 1. The molecule has 10 heteroatoms. The third-order valence-electron chi connectivity index (χ3n) is 2.93. The van der Waals surface area contributed by atoms with Gasteiger partial charge in [-0.25, -0.2) is 4.79 Å². The molecular formula is C15H8Cl2I2N2O3S. The molecule has 0 aliphatic rings. The smallest absolute Gasteiger partial charge is 0.337 e. The van der Waals surface area contributed by atoms with Gasteiger partial charge in [0.15, 0.2) is 5.11 Å². The topological polar surface area (TPSA) is 78.4 Å². The van der Waals surface area contributed by atoms with Crippen LogP contribution in [0.5, 0.6) is 0 Å². The molecule has 0 heterocycles. The van der Waals surface area contributed by atoms with E-state index in [-0.39, 0.29) is 21.3 Å². The van der Waals surface area contributed by atoms with Crippen LogP contribution in [0.2, 0.25) is 10.0 Å². The van der Waals surface area contributed by atoms with Crippen molar-refractivity contribution in [3.05, 3.63) is 58.6 Å². The minimum Gasteiger partial charge on any atom is -0.478 e. The molecule has 3 N–H and O–H groups in total. The molecule has 2 aromatic carbocycles. The summed E-state index contributed by atoms with van der Waals surface area (Å²) in [5.41, 5.74) is 0.643. The molecule has 2 aromatic rings. The Labute approximate surface area is 185 Å². The van der Waals surface area contributed by atoms with Crippen molar-refractivity contribution in [1.82, 2.24) is 5.32 Å². The number of aromatic carboxylic acids is 1. The number of carbonyl (C=O) groups excluding carboxylic acids is 1. The third kappa shape index (κ3) is 5.39. The molecule has 0 spiro atoms. The number of benzene rings is 2. The molecule has 0 radical (unpaired) electrons. The van der Waals surface area contributed by atoms with E-state index < -0.39 is 11.9 Å². The van der Waals surface area contributed by atoms with Crippen molar-refractivity contribution in [2.75, 3.05) is 5.32 Å². The lowest BCUT2D eigenvalue weighted by Gasteiger charge is -2.14. The summed E-state index contributed by atoms with van der Waals surface area (Å²) in [4.78, 5) is 23.6. The normalized spacial score (nSPS) is 10.2. The van der Waals surface area contributed by atoms with E-state index in [2.05, 4.69) is 10.6 Å². The third-order valence-corrected chi connectivity index (χ3v) is 5.35. The Hall–Kier alpha value is -0.690. The average Bonchev–Trinajstić information content (AvgIpc) is 2.52. The minimum absolute atomic E-state index is 0.0299. The van der Waals surface area contributed by atoms with E-state index in [9.17, 15) is 14.7 Å². The van der Waals surface area contributed by atoms with Gasteiger partial charge in [-0.1, -0.05) is 23.2 Å². The van der Waals surface area contributed by atoms with E-state index >= 15 is 0 Å². The summed E-state index contributed by atoms with van der Waals surface area (Å²) in [5, 5.41) is 15.1. The van der Waals surface area contributed by atoms with Gasteiger partial charge in [-0.3, -0.25) is 10.1 Å². The molecule has 1 amide bonds. The summed E-state index contributed by atoms with van der Waals surface area (Å²) in [6, 6.07) is 7.72. The number of carbonyl (C=O) groups is 2. The van der Waals surface area contributed by atoms with E-state index in [4.69, 9.17) is 35.4 Å². The van der Waals surface area contributed by atoms with Crippen LogP contribution in [0.25, 0.3) is 0 Å². The van der Waals surface area contributed by atoms with Crippen LogP contribution in [-0.4, -0.2) is 22.1 Å². The van der Waals surface area contributed by atoms with Gasteiger partial charge in [-0.15, -0.1) is 0 Å². The van der Waals surface area contributed by atoms with Crippen LogP contribution >= 0.6 is 80.6 Å². The molecule has 0 aliphatic heterocycles. The van der Waals surface area contributed by atoms with Gasteiger partial charge in [0, 0.05) is 12.7 Å². The standard InChI is InChI=1S/C15H8Cl2I2N2O3S/c16-9-2-1-6(3-10(9)17)13(22)21-15(25)20-12-8(14(23)24)4-7(18)5-11(12)19/h1-5H,(H,23,24)(H2,20,21,22,25). The number of rotatable bonds is 3. The number of anilines is 1. The van der Waals surface area contributed by atoms with E-state index in [1.165, 1.54) is 24.3 Å². The Morgan fingerprint density at radius 3 is 2.36 bits per heavy atom. The zero-order valence-corrected chi connectivity index (χ0v) is 18.7. The molecule has 0 saturated carbocycles. The van der Waals surface area contributed by atoms with Crippen molar-refractivity contribution in [3.8, 4) is 0 Å². The summed E-state index contributed by atoms with van der Waals surface area (Å²) in [6.07, 6.45) is 0. The lowest BCUT2D eigenvalue weighted by molar-refractivity contribution is 0.0697. The van der Waals surface area contributed by atoms with Gasteiger partial charge in [0.05, 0.1) is 21.3 Å². The fourth-order valence-corrected chi connectivity index (χ4v) is 4.30. The maximum atomic E-state index is 12.2. The maximum absolute atomic E-state index is 12.2. The highest BCUT2D eigenvalue weighted by molar-refractivity contribution is 14.1. The molecule has 130 valence electrons. The van der Waals surface area contributed by atoms with Gasteiger partial charge in [0.1, 0.15) is 0 Å². The van der Waals surface area contributed by atoms with E-state index in [0.29, 0.717) is 14.3 Å². The molecule has 0 bridgehead atoms. The number of amides is 1. The van der Waals surface area contributed by atoms with Crippen LogP contribution in [-0.2, 0) is 0 Å². The number of hydrogen-bond donors (Lipinski definition) is 3. The molecule has 5 nitrogen and oxygen atoms in total. The Morgan fingerprint density at radius 2 is 1.76 bits per heavy atom. The second-order valence-electron chi connectivity index (χ2n) is 4.65. The molecule has 2 rings (SSSR count). The first-order valence-electron chi connectivity index (χ1n) is 6.48. The molecule has 25 heavy (non-hydrogen) atoms. The van der Waals surface area contributed by atoms with Gasteiger partial charge in [0.25, 0.3) is 5.91 Å². The van der Waals surface area contributed by atoms with Crippen molar-refractivity contribution in [2.24, 2.45) is 0 Å². The summed E-state index contributed by atoms with van der Waals surface area (Å²) >= 11 is 20.8. The van der Waals surface area contributed by atoms with Gasteiger partial charge >= 0.3 is 5.97 Å². The molecule has 0 aliphatic carbocycles. The largest absolute Gasteiger partial charge is 0.478 e. The lowest BCUT2D eigenvalue weighted by Crippen LogP contribution is -2.34. The Morgan fingerprint density at radius 1 is 1.08 bits per heavy atom.